The maximum Gasteiger partial charge on any atom is 0.165 e. The van der Waals surface area contributed by atoms with Crippen molar-refractivity contribution in [1.82, 2.24) is 18.8 Å². The molecule has 0 amide bonds. The third kappa shape index (κ3) is 4.69. The van der Waals surface area contributed by atoms with Gasteiger partial charge in [0.05, 0.1) is 33.4 Å². The largest absolute Gasteiger partial charge is 0.308 e. The van der Waals surface area contributed by atoms with Gasteiger partial charge in [-0.3, -0.25) is 8.80 Å². The van der Waals surface area contributed by atoms with Crippen LogP contribution in [0, 0.1) is 0 Å². The second-order valence-electron chi connectivity index (χ2n) is 17.3. The molecular weight excluding hydrogens is 805 g/mol. The number of anilines is 6. The molecule has 0 saturated carbocycles. The molecule has 0 unspecified atom stereocenters. The van der Waals surface area contributed by atoms with Gasteiger partial charge in [-0.05, 0) is 88.3 Å². The van der Waals surface area contributed by atoms with Crippen LogP contribution >= 0.6 is 0 Å². The first-order valence-electron chi connectivity index (χ1n) is 22.5. The Morgan fingerprint density at radius 1 is 0.288 bits per heavy atom. The van der Waals surface area contributed by atoms with Crippen LogP contribution in [0.15, 0.2) is 218 Å². The highest BCUT2D eigenvalue weighted by molar-refractivity contribution is 6.34. The fraction of sp³-hybridized carbons (Fsp3) is 0. The highest BCUT2D eigenvalue weighted by atomic mass is 15.2. The Hall–Kier alpha value is -9.00. The van der Waals surface area contributed by atoms with E-state index < -0.39 is 0 Å². The van der Waals surface area contributed by atoms with E-state index in [9.17, 15) is 0 Å². The number of aromatic nitrogens is 4. The number of nitrogens with zero attached hydrogens (tertiary/aromatic N) is 6. The number of para-hydroxylation sites is 6. The fourth-order valence-corrected chi connectivity index (χ4v) is 11.2. The summed E-state index contributed by atoms with van der Waals surface area (Å²) in [5, 5.41) is 11.7. The van der Waals surface area contributed by atoms with Gasteiger partial charge in [-0.25, -0.2) is 9.97 Å². The van der Waals surface area contributed by atoms with Gasteiger partial charge in [0.25, 0.3) is 0 Å². The van der Waals surface area contributed by atoms with E-state index in [0.717, 1.165) is 94.7 Å². The lowest BCUT2D eigenvalue weighted by atomic mass is 10.0. The summed E-state index contributed by atoms with van der Waals surface area (Å²) in [6.45, 7) is 0. The third-order valence-electron chi connectivity index (χ3n) is 13.8. The van der Waals surface area contributed by atoms with Crippen LogP contribution in [0.25, 0.3) is 98.3 Å². The molecule has 66 heavy (non-hydrogen) atoms. The lowest BCUT2D eigenvalue weighted by Crippen LogP contribution is -2.11. The van der Waals surface area contributed by atoms with Crippen molar-refractivity contribution in [2.24, 2.45) is 0 Å². The molecule has 0 aliphatic heterocycles. The summed E-state index contributed by atoms with van der Waals surface area (Å²) in [7, 11) is 0. The van der Waals surface area contributed by atoms with E-state index in [1.54, 1.807) is 0 Å². The number of benzene rings is 10. The van der Waals surface area contributed by atoms with E-state index in [1.165, 1.54) is 37.7 Å². The molecule has 0 bridgehead atoms. The van der Waals surface area contributed by atoms with Gasteiger partial charge < -0.3 is 9.80 Å². The molecule has 0 N–H and O–H groups in total. The van der Waals surface area contributed by atoms with Crippen molar-refractivity contribution in [3.05, 3.63) is 218 Å². The fourth-order valence-electron chi connectivity index (χ4n) is 11.2. The molecule has 0 fully saturated rings. The zero-order chi connectivity index (χ0) is 43.0. The average Bonchev–Trinajstić information content (AvgIpc) is 4.11. The summed E-state index contributed by atoms with van der Waals surface area (Å²) in [5.41, 5.74) is 14.4. The van der Waals surface area contributed by atoms with Gasteiger partial charge in [0.2, 0.25) is 0 Å². The molecule has 6 heteroatoms. The molecule has 6 nitrogen and oxygen atoms in total. The molecule has 10 aromatic carbocycles. The van der Waals surface area contributed by atoms with Crippen LogP contribution in [0.4, 0.5) is 34.1 Å². The summed E-state index contributed by atoms with van der Waals surface area (Å²) >= 11 is 0. The minimum Gasteiger partial charge on any atom is -0.308 e. The lowest BCUT2D eigenvalue weighted by Gasteiger charge is -2.27. The highest BCUT2D eigenvalue weighted by Crippen LogP contribution is 2.51. The average molecular weight is 841 g/mol. The molecule has 0 aliphatic carbocycles. The second kappa shape index (κ2) is 13.3. The summed E-state index contributed by atoms with van der Waals surface area (Å²) in [4.78, 5) is 16.6. The minimum atomic E-state index is 0.846. The number of hydrogen-bond donors (Lipinski definition) is 0. The molecule has 5 aromatic heterocycles. The van der Waals surface area contributed by atoms with E-state index in [1.807, 2.05) is 0 Å². The molecule has 0 spiro atoms. The van der Waals surface area contributed by atoms with Crippen LogP contribution in [-0.2, 0) is 0 Å². The van der Waals surface area contributed by atoms with E-state index in [-0.39, 0.29) is 0 Å². The molecule has 0 atom stereocenters. The van der Waals surface area contributed by atoms with Crippen molar-refractivity contribution in [2.75, 3.05) is 9.80 Å². The Balaban J connectivity index is 1.14. The van der Waals surface area contributed by atoms with Crippen LogP contribution < -0.4 is 9.80 Å². The highest BCUT2D eigenvalue weighted by Gasteiger charge is 2.30. The van der Waals surface area contributed by atoms with Gasteiger partial charge in [-0.2, -0.15) is 0 Å². The van der Waals surface area contributed by atoms with Crippen LogP contribution in [0.3, 0.4) is 0 Å². The first-order chi connectivity index (χ1) is 32.8. The summed E-state index contributed by atoms with van der Waals surface area (Å²) < 4.78 is 4.84. The summed E-state index contributed by atoms with van der Waals surface area (Å²) in [6.07, 6.45) is 0. The Morgan fingerprint density at radius 2 is 0.742 bits per heavy atom. The first-order valence-corrected chi connectivity index (χ1v) is 22.5. The Bertz CT molecular complexity index is 4310. The molecule has 0 saturated heterocycles. The van der Waals surface area contributed by atoms with E-state index in [0.29, 0.717) is 0 Å². The van der Waals surface area contributed by atoms with E-state index in [2.05, 4.69) is 237 Å². The van der Waals surface area contributed by atoms with Gasteiger partial charge in [0.15, 0.2) is 11.3 Å². The molecule has 0 radical (unpaired) electrons. The summed E-state index contributed by atoms with van der Waals surface area (Å²) in [5.74, 6) is 0. The third-order valence-corrected chi connectivity index (χ3v) is 13.8. The maximum absolute atomic E-state index is 5.93. The number of rotatable bonds is 6. The zero-order valence-electron chi connectivity index (χ0n) is 35.5. The normalized spacial score (nSPS) is 12.2. The monoisotopic (exact) mass is 840 g/mol. The van der Waals surface area contributed by atoms with Gasteiger partial charge in [0.1, 0.15) is 11.0 Å². The van der Waals surface area contributed by atoms with Crippen molar-refractivity contribution >= 4 is 132 Å². The molecule has 0 aliphatic rings. The molecule has 306 valence electrons. The Morgan fingerprint density at radius 3 is 1.38 bits per heavy atom. The number of hydrogen-bond acceptors (Lipinski definition) is 4. The quantitative estimate of drug-likeness (QED) is 0.167. The standard InChI is InChI=1S/C60H36N6/c1-5-21-39(22-6-1)63(40-23-7-2-8-24-40)49-34-18-31-45-48-35-37-19-13-16-30-44(37)52-54-60(66(56(45)49)57(48)52)61-53-47-33-17-32-46-51-43-29-15-14-20-38(43)36-50(58(51)65(55(46)47)59(53)62-54)64(41-25-9-3-10-26-41)42-27-11-4-12-28-42/h1-36H. The maximum atomic E-state index is 5.93. The van der Waals surface area contributed by atoms with Crippen LogP contribution in [-0.4, -0.2) is 18.8 Å². The first kappa shape index (κ1) is 35.5. The van der Waals surface area contributed by atoms with Crippen molar-refractivity contribution in [1.29, 1.82) is 0 Å². The lowest BCUT2D eigenvalue weighted by molar-refractivity contribution is 1.22. The van der Waals surface area contributed by atoms with Crippen LogP contribution in [0.2, 0.25) is 0 Å². The van der Waals surface area contributed by atoms with Gasteiger partial charge in [-0.15, -0.1) is 0 Å². The topological polar surface area (TPSA) is 41.1 Å². The van der Waals surface area contributed by atoms with Crippen molar-refractivity contribution in [3.63, 3.8) is 0 Å². The molecule has 15 rings (SSSR count). The predicted octanol–water partition coefficient (Wildman–Crippen LogP) is 16.0. The molecular formula is C60H36N6. The predicted molar refractivity (Wildman–Crippen MR) is 276 cm³/mol. The van der Waals surface area contributed by atoms with Crippen LogP contribution in [0.1, 0.15) is 0 Å². The zero-order valence-corrected chi connectivity index (χ0v) is 35.5. The van der Waals surface area contributed by atoms with Gasteiger partial charge in [0, 0.05) is 55.1 Å². The van der Waals surface area contributed by atoms with E-state index >= 15 is 0 Å². The van der Waals surface area contributed by atoms with E-state index in [4.69, 9.17) is 9.97 Å². The Labute approximate surface area is 377 Å². The molecule has 15 aromatic rings. The van der Waals surface area contributed by atoms with Crippen molar-refractivity contribution in [2.45, 2.75) is 0 Å². The summed E-state index contributed by atoms with van der Waals surface area (Å²) in [6, 6.07) is 78.5. The van der Waals surface area contributed by atoms with Crippen molar-refractivity contribution in [3.8, 4) is 0 Å². The van der Waals surface area contributed by atoms with Gasteiger partial charge in [-0.1, -0.05) is 152 Å². The molecule has 5 heterocycles. The Kier molecular flexibility index (Phi) is 7.13. The SMILES string of the molecule is c1ccc(N(c2ccccc2)c2cc3ccccc3c3c4cccc5c6nc7c(nc6n(c23)c54)c2c3ccccc3cc3c4cccc(N(c5ccccc5)c5ccccc5)c4n7c32)cc1. The number of fused-ring (bicyclic) bond motifs is 16. The second-order valence-corrected chi connectivity index (χ2v) is 17.3. The van der Waals surface area contributed by atoms with Crippen LogP contribution in [0.5, 0.6) is 0 Å². The van der Waals surface area contributed by atoms with Gasteiger partial charge >= 0.3 is 0 Å². The minimum absolute atomic E-state index is 0.846. The van der Waals surface area contributed by atoms with Crippen molar-refractivity contribution < 1.29 is 0 Å². The smallest absolute Gasteiger partial charge is 0.165 e.